The zero-order chi connectivity index (χ0) is 18.1. The molecule has 0 bridgehead atoms. The van der Waals surface area contributed by atoms with Crippen LogP contribution < -0.4 is 5.69 Å². The summed E-state index contributed by atoms with van der Waals surface area (Å²) < 4.78 is 7.65. The maximum Gasteiger partial charge on any atom is 0.349 e. The third-order valence-electron chi connectivity index (χ3n) is 4.46. The first-order valence-corrected chi connectivity index (χ1v) is 7.57. The smallest absolute Gasteiger partial charge is 0.349 e. The van der Waals surface area contributed by atoms with E-state index in [0.717, 1.165) is 4.68 Å². The Morgan fingerprint density at radius 1 is 1.54 bits per heavy atom. The highest BCUT2D eigenvalue weighted by Gasteiger charge is 2.61. The van der Waals surface area contributed by atoms with E-state index < -0.39 is 11.7 Å². The van der Waals surface area contributed by atoms with Crippen LogP contribution in [0.4, 0.5) is 0 Å². The van der Waals surface area contributed by atoms with Gasteiger partial charge in [-0.15, -0.1) is 6.42 Å². The highest BCUT2D eigenvalue weighted by molar-refractivity contribution is 5.78. The molecule has 0 N–H and O–H groups in total. The molecule has 126 valence electrons. The molecule has 0 aliphatic heterocycles. The number of rotatable bonds is 5. The van der Waals surface area contributed by atoms with Crippen molar-refractivity contribution in [2.45, 2.75) is 41.0 Å². The Balaban J connectivity index is 2.05. The van der Waals surface area contributed by atoms with Crippen LogP contribution >= 0.6 is 0 Å². The van der Waals surface area contributed by atoms with Crippen LogP contribution in [0.3, 0.4) is 0 Å². The zero-order valence-electron chi connectivity index (χ0n) is 14.2. The number of hydrogen-bond acceptors (Lipinski definition) is 5. The average molecular weight is 328 g/mol. The van der Waals surface area contributed by atoms with Gasteiger partial charge in [0, 0.05) is 5.57 Å². The molecule has 0 amide bonds. The third kappa shape index (κ3) is 3.11. The van der Waals surface area contributed by atoms with Gasteiger partial charge in [0.1, 0.15) is 5.82 Å². The molecule has 2 rings (SSSR count). The van der Waals surface area contributed by atoms with Gasteiger partial charge in [0.15, 0.2) is 6.73 Å². The van der Waals surface area contributed by atoms with Crippen molar-refractivity contribution < 1.29 is 9.53 Å². The molecule has 1 aromatic heterocycles. The van der Waals surface area contributed by atoms with Crippen LogP contribution in [0.2, 0.25) is 0 Å². The second-order valence-electron chi connectivity index (χ2n) is 6.50. The summed E-state index contributed by atoms with van der Waals surface area (Å²) in [5.41, 5.74) is -0.104. The molecule has 0 saturated heterocycles. The maximum atomic E-state index is 12.3. The lowest BCUT2D eigenvalue weighted by Gasteiger charge is -2.04. The minimum atomic E-state index is -0.412. The normalized spacial score (nSPS) is 21.7. The van der Waals surface area contributed by atoms with E-state index in [4.69, 9.17) is 16.4 Å². The largest absolute Gasteiger partial charge is 0.442 e. The Morgan fingerprint density at radius 2 is 2.21 bits per heavy atom. The summed E-state index contributed by atoms with van der Waals surface area (Å²) in [6.07, 6.45) is 7.01. The first kappa shape index (κ1) is 17.6. The zero-order valence-corrected chi connectivity index (χ0v) is 14.2. The van der Waals surface area contributed by atoms with E-state index in [1.54, 1.807) is 19.9 Å². The van der Waals surface area contributed by atoms with Crippen molar-refractivity contribution in [3.63, 3.8) is 0 Å². The van der Waals surface area contributed by atoms with E-state index >= 15 is 0 Å². The van der Waals surface area contributed by atoms with Crippen molar-refractivity contribution in [2.24, 2.45) is 17.3 Å². The molecular formula is C17H20N4O3. The Labute approximate surface area is 140 Å². The molecule has 1 aromatic rings. The molecule has 0 radical (unpaired) electrons. The van der Waals surface area contributed by atoms with E-state index in [1.807, 2.05) is 13.8 Å². The van der Waals surface area contributed by atoms with Crippen molar-refractivity contribution in [1.82, 2.24) is 14.3 Å². The second-order valence-corrected chi connectivity index (χ2v) is 6.50. The first-order chi connectivity index (χ1) is 11.2. The minimum Gasteiger partial charge on any atom is -0.442 e. The standard InChI is InChI=1S/C17H20N4O3/c1-6-7-20-12(3)19-21(16(20)23)10-24-15(22)14-13(17(14,4)5)8-11(2)9-18/h1,8,13-14H,7,10H2,2-5H3/b11-8-/t13-,14+/m1/s1. The van der Waals surface area contributed by atoms with Gasteiger partial charge in [0.05, 0.1) is 18.5 Å². The van der Waals surface area contributed by atoms with E-state index in [1.165, 1.54) is 4.57 Å². The molecule has 1 saturated carbocycles. The van der Waals surface area contributed by atoms with Gasteiger partial charge in [-0.25, -0.2) is 4.79 Å². The molecule has 7 nitrogen and oxygen atoms in total. The van der Waals surface area contributed by atoms with Gasteiger partial charge < -0.3 is 4.74 Å². The summed E-state index contributed by atoms with van der Waals surface area (Å²) in [5, 5.41) is 12.9. The van der Waals surface area contributed by atoms with Gasteiger partial charge in [0.25, 0.3) is 0 Å². The van der Waals surface area contributed by atoms with Crippen LogP contribution in [0.15, 0.2) is 16.4 Å². The lowest BCUT2D eigenvalue weighted by molar-refractivity contribution is -0.150. The number of aromatic nitrogens is 3. The van der Waals surface area contributed by atoms with Crippen LogP contribution in [0.25, 0.3) is 0 Å². The van der Waals surface area contributed by atoms with Crippen molar-refractivity contribution in [3.8, 4) is 18.4 Å². The predicted molar refractivity (Wildman–Crippen MR) is 86.3 cm³/mol. The fourth-order valence-electron chi connectivity index (χ4n) is 2.87. The molecule has 24 heavy (non-hydrogen) atoms. The quantitative estimate of drug-likeness (QED) is 0.461. The summed E-state index contributed by atoms with van der Waals surface area (Å²) in [4.78, 5) is 24.4. The molecular weight excluding hydrogens is 308 g/mol. The lowest BCUT2D eigenvalue weighted by atomic mass is 10.1. The van der Waals surface area contributed by atoms with E-state index in [0.29, 0.717) is 11.4 Å². The van der Waals surface area contributed by atoms with Gasteiger partial charge in [-0.3, -0.25) is 9.36 Å². The molecule has 1 aliphatic carbocycles. The Bertz CT molecular complexity index is 829. The summed E-state index contributed by atoms with van der Waals surface area (Å²) >= 11 is 0. The number of esters is 1. The topological polar surface area (TPSA) is 89.9 Å². The monoisotopic (exact) mass is 328 g/mol. The summed E-state index contributed by atoms with van der Waals surface area (Å²) in [6, 6.07) is 2.05. The van der Waals surface area contributed by atoms with Crippen LogP contribution in [0.5, 0.6) is 0 Å². The Hall–Kier alpha value is -2.80. The maximum absolute atomic E-state index is 12.3. The summed E-state index contributed by atoms with van der Waals surface area (Å²) in [5.74, 6) is 2.08. The van der Waals surface area contributed by atoms with E-state index in [2.05, 4.69) is 17.1 Å². The van der Waals surface area contributed by atoms with Crippen molar-refractivity contribution >= 4 is 5.97 Å². The van der Waals surface area contributed by atoms with Crippen LogP contribution in [0.1, 0.15) is 26.6 Å². The number of nitrogens with zero attached hydrogens (tertiary/aromatic N) is 4. The third-order valence-corrected chi connectivity index (χ3v) is 4.46. The van der Waals surface area contributed by atoms with Gasteiger partial charge in [0.2, 0.25) is 0 Å². The molecule has 1 fully saturated rings. The number of terminal acetylenes is 1. The van der Waals surface area contributed by atoms with Gasteiger partial charge >= 0.3 is 11.7 Å². The summed E-state index contributed by atoms with van der Waals surface area (Å²) in [7, 11) is 0. The highest BCUT2D eigenvalue weighted by atomic mass is 16.5. The number of allylic oxidation sites excluding steroid dienone is 2. The highest BCUT2D eigenvalue weighted by Crippen LogP contribution is 2.59. The number of hydrogen-bond donors (Lipinski definition) is 0. The molecule has 0 aromatic carbocycles. The van der Waals surface area contributed by atoms with E-state index in [-0.39, 0.29) is 30.5 Å². The number of carbonyl (C=O) groups excluding carboxylic acids is 1. The van der Waals surface area contributed by atoms with Crippen molar-refractivity contribution in [3.05, 3.63) is 28.0 Å². The fraction of sp³-hybridized carbons (Fsp3) is 0.529. The minimum absolute atomic E-state index is 0.0397. The first-order valence-electron chi connectivity index (χ1n) is 7.57. The fourth-order valence-corrected chi connectivity index (χ4v) is 2.87. The van der Waals surface area contributed by atoms with Crippen LogP contribution in [-0.2, 0) is 22.8 Å². The molecule has 1 aliphatic rings. The Kier molecular flexibility index (Phi) is 4.66. The molecule has 0 unspecified atom stereocenters. The molecule has 7 heteroatoms. The van der Waals surface area contributed by atoms with Crippen LogP contribution in [-0.4, -0.2) is 20.3 Å². The number of nitriles is 1. The van der Waals surface area contributed by atoms with Crippen molar-refractivity contribution in [2.75, 3.05) is 0 Å². The van der Waals surface area contributed by atoms with Gasteiger partial charge in [-0.1, -0.05) is 25.8 Å². The SMILES string of the molecule is C#CCn1c(C)nn(COC(=O)[C@@H]2[C@@H](/C=C(/C)C#N)C2(C)C)c1=O. The number of ether oxygens (including phenoxy) is 1. The van der Waals surface area contributed by atoms with Gasteiger partial charge in [-0.2, -0.15) is 15.0 Å². The molecule has 1 heterocycles. The van der Waals surface area contributed by atoms with Crippen molar-refractivity contribution in [1.29, 1.82) is 5.26 Å². The predicted octanol–water partition coefficient (Wildman–Crippen LogP) is 1.23. The Morgan fingerprint density at radius 3 is 2.79 bits per heavy atom. The lowest BCUT2D eigenvalue weighted by Crippen LogP contribution is -2.27. The molecule has 2 atom stereocenters. The van der Waals surface area contributed by atoms with Gasteiger partial charge in [-0.05, 0) is 25.2 Å². The second kappa shape index (κ2) is 6.37. The summed E-state index contributed by atoms with van der Waals surface area (Å²) in [6.45, 7) is 7.13. The molecule has 0 spiro atoms. The average Bonchev–Trinajstić information content (AvgIpc) is 2.96. The van der Waals surface area contributed by atoms with Crippen LogP contribution in [0, 0.1) is 47.8 Å². The van der Waals surface area contributed by atoms with E-state index in [9.17, 15) is 9.59 Å². The number of aryl methyl sites for hydroxylation is 1. The number of carbonyl (C=O) groups is 1.